The summed E-state index contributed by atoms with van der Waals surface area (Å²) >= 11 is 0. The highest BCUT2D eigenvalue weighted by Crippen LogP contribution is 2.26. The summed E-state index contributed by atoms with van der Waals surface area (Å²) in [5.74, 6) is 1.11. The number of carboxylic acid groups (broad SMARTS) is 1. The fourth-order valence-electron chi connectivity index (χ4n) is 2.55. The van der Waals surface area contributed by atoms with Gasteiger partial charge in [0, 0.05) is 19.5 Å². The molecule has 1 aliphatic rings. The van der Waals surface area contributed by atoms with Crippen molar-refractivity contribution in [3.8, 4) is 11.8 Å². The molecular weight excluding hydrogens is 274 g/mol. The highest BCUT2D eigenvalue weighted by Gasteiger charge is 2.23. The third-order valence-electron chi connectivity index (χ3n) is 3.65. The van der Waals surface area contributed by atoms with Crippen molar-refractivity contribution in [1.82, 2.24) is 9.97 Å². The van der Waals surface area contributed by atoms with Crippen molar-refractivity contribution >= 4 is 11.9 Å². The average molecular weight is 295 g/mol. The van der Waals surface area contributed by atoms with E-state index in [1.54, 1.807) is 20.3 Å². The number of methoxy groups -OCH3 is 2. The van der Waals surface area contributed by atoms with Crippen molar-refractivity contribution in [2.45, 2.75) is 25.7 Å². The molecule has 0 radical (unpaired) electrons. The van der Waals surface area contributed by atoms with E-state index in [2.05, 4.69) is 14.9 Å². The molecule has 0 bridgehead atoms. The minimum absolute atomic E-state index is 0.209. The zero-order chi connectivity index (χ0) is 15.2. The minimum Gasteiger partial charge on any atom is -0.481 e. The van der Waals surface area contributed by atoms with Gasteiger partial charge in [-0.25, -0.2) is 0 Å². The van der Waals surface area contributed by atoms with Gasteiger partial charge in [-0.3, -0.25) is 4.79 Å². The molecule has 0 amide bonds. The molecule has 1 fully saturated rings. The second kappa shape index (κ2) is 7.10. The molecule has 1 aromatic heterocycles. The normalized spacial score (nSPS) is 18.4. The molecule has 2 heterocycles. The number of ether oxygens (including phenoxy) is 2. The van der Waals surface area contributed by atoms with Crippen LogP contribution in [0.2, 0.25) is 0 Å². The zero-order valence-electron chi connectivity index (χ0n) is 12.4. The smallest absolute Gasteiger partial charge is 0.303 e. The van der Waals surface area contributed by atoms with E-state index in [1.165, 1.54) is 0 Å². The van der Waals surface area contributed by atoms with Gasteiger partial charge >= 0.3 is 5.97 Å². The summed E-state index contributed by atoms with van der Waals surface area (Å²) < 4.78 is 10.3. The fraction of sp³-hybridized carbons (Fsp3) is 0.643. The molecule has 1 saturated heterocycles. The number of nitrogens with zero attached hydrogens (tertiary/aromatic N) is 3. The van der Waals surface area contributed by atoms with Gasteiger partial charge in [-0.2, -0.15) is 9.97 Å². The first-order valence-corrected chi connectivity index (χ1v) is 7.06. The molecule has 2 rings (SSSR count). The van der Waals surface area contributed by atoms with E-state index >= 15 is 0 Å². The molecule has 21 heavy (non-hydrogen) atoms. The summed E-state index contributed by atoms with van der Waals surface area (Å²) in [6.45, 7) is 1.63. The standard InChI is InChI=1S/C14H21N3O4/c1-20-11-8-12(21-2)16-14(15-11)17-7-3-4-10(9-17)5-6-13(18)19/h8,10H,3-7,9H2,1-2H3,(H,18,19). The third kappa shape index (κ3) is 4.21. The fourth-order valence-corrected chi connectivity index (χ4v) is 2.55. The second-order valence-electron chi connectivity index (χ2n) is 5.14. The Balaban J connectivity index is 2.08. The Morgan fingerprint density at radius 3 is 2.62 bits per heavy atom. The van der Waals surface area contributed by atoms with Crippen LogP contribution in [0.3, 0.4) is 0 Å². The van der Waals surface area contributed by atoms with Crippen LogP contribution < -0.4 is 14.4 Å². The molecule has 0 aromatic carbocycles. The van der Waals surface area contributed by atoms with Crippen molar-refractivity contribution < 1.29 is 19.4 Å². The van der Waals surface area contributed by atoms with Crippen molar-refractivity contribution in [2.24, 2.45) is 5.92 Å². The van der Waals surface area contributed by atoms with Gasteiger partial charge in [-0.15, -0.1) is 0 Å². The van der Waals surface area contributed by atoms with Gasteiger partial charge in [0.15, 0.2) is 0 Å². The third-order valence-corrected chi connectivity index (χ3v) is 3.65. The molecule has 1 N–H and O–H groups in total. The molecule has 7 heteroatoms. The number of anilines is 1. The maximum Gasteiger partial charge on any atom is 0.303 e. The summed E-state index contributed by atoms with van der Waals surface area (Å²) in [7, 11) is 3.11. The molecular formula is C14H21N3O4. The van der Waals surface area contributed by atoms with Crippen molar-refractivity contribution in [1.29, 1.82) is 0 Å². The molecule has 116 valence electrons. The molecule has 1 aliphatic heterocycles. The van der Waals surface area contributed by atoms with Crippen molar-refractivity contribution in [3.63, 3.8) is 0 Å². The summed E-state index contributed by atoms with van der Waals surface area (Å²) in [6.07, 6.45) is 2.95. The van der Waals surface area contributed by atoms with Crippen LogP contribution in [0, 0.1) is 5.92 Å². The Morgan fingerprint density at radius 1 is 1.38 bits per heavy atom. The monoisotopic (exact) mass is 295 g/mol. The zero-order valence-corrected chi connectivity index (χ0v) is 12.4. The highest BCUT2D eigenvalue weighted by molar-refractivity contribution is 5.66. The van der Waals surface area contributed by atoms with Gasteiger partial charge in [0.25, 0.3) is 0 Å². The molecule has 0 aliphatic carbocycles. The SMILES string of the molecule is COc1cc(OC)nc(N2CCCC(CCC(=O)O)C2)n1. The van der Waals surface area contributed by atoms with E-state index in [-0.39, 0.29) is 6.42 Å². The number of aliphatic carboxylic acids is 1. The van der Waals surface area contributed by atoms with Crippen LogP contribution in [0.5, 0.6) is 11.8 Å². The number of piperidine rings is 1. The summed E-state index contributed by atoms with van der Waals surface area (Å²) in [5, 5.41) is 8.79. The summed E-state index contributed by atoms with van der Waals surface area (Å²) in [6, 6.07) is 1.63. The molecule has 0 spiro atoms. The van der Waals surface area contributed by atoms with Gasteiger partial charge in [0.1, 0.15) is 0 Å². The summed E-state index contributed by atoms with van der Waals surface area (Å²) in [4.78, 5) is 21.5. The van der Waals surface area contributed by atoms with E-state index in [1.807, 2.05) is 0 Å². The van der Waals surface area contributed by atoms with Crippen LogP contribution >= 0.6 is 0 Å². The van der Waals surface area contributed by atoms with E-state index in [4.69, 9.17) is 14.6 Å². The van der Waals surface area contributed by atoms with Crippen LogP contribution in [-0.4, -0.2) is 48.4 Å². The number of carbonyl (C=O) groups is 1. The average Bonchev–Trinajstić information content (AvgIpc) is 2.52. The first-order chi connectivity index (χ1) is 10.1. The van der Waals surface area contributed by atoms with Crippen LogP contribution in [0.4, 0.5) is 5.95 Å². The molecule has 7 nitrogen and oxygen atoms in total. The second-order valence-corrected chi connectivity index (χ2v) is 5.14. The van der Waals surface area contributed by atoms with E-state index in [0.717, 1.165) is 25.9 Å². The van der Waals surface area contributed by atoms with Crippen LogP contribution in [0.15, 0.2) is 6.07 Å². The topological polar surface area (TPSA) is 84.8 Å². The quantitative estimate of drug-likeness (QED) is 0.852. The molecule has 1 unspecified atom stereocenters. The number of rotatable bonds is 6. The first kappa shape index (κ1) is 15.3. The van der Waals surface area contributed by atoms with Crippen molar-refractivity contribution in [2.75, 3.05) is 32.2 Å². The Labute approximate surface area is 123 Å². The lowest BCUT2D eigenvalue weighted by Crippen LogP contribution is -2.36. The van der Waals surface area contributed by atoms with Gasteiger partial charge in [-0.05, 0) is 25.2 Å². The maximum atomic E-state index is 10.7. The first-order valence-electron chi connectivity index (χ1n) is 7.06. The predicted octanol–water partition coefficient (Wildman–Crippen LogP) is 1.57. The summed E-state index contributed by atoms with van der Waals surface area (Å²) in [5.41, 5.74) is 0. The Hall–Kier alpha value is -2.05. The van der Waals surface area contributed by atoms with E-state index in [0.29, 0.717) is 30.0 Å². The lowest BCUT2D eigenvalue weighted by Gasteiger charge is -2.32. The van der Waals surface area contributed by atoms with Gasteiger partial charge in [-0.1, -0.05) is 0 Å². The van der Waals surface area contributed by atoms with Crippen LogP contribution in [0.1, 0.15) is 25.7 Å². The predicted molar refractivity (Wildman–Crippen MR) is 76.9 cm³/mol. The van der Waals surface area contributed by atoms with Crippen molar-refractivity contribution in [3.05, 3.63) is 6.07 Å². The van der Waals surface area contributed by atoms with Gasteiger partial charge in [0.05, 0.1) is 20.3 Å². The Morgan fingerprint density at radius 2 is 2.05 bits per heavy atom. The highest BCUT2D eigenvalue weighted by atomic mass is 16.5. The number of hydrogen-bond donors (Lipinski definition) is 1. The van der Waals surface area contributed by atoms with Gasteiger partial charge in [0.2, 0.25) is 17.7 Å². The molecule has 0 saturated carbocycles. The van der Waals surface area contributed by atoms with E-state index < -0.39 is 5.97 Å². The Bertz CT molecular complexity index is 473. The Kier molecular flexibility index (Phi) is 5.19. The number of aromatic nitrogens is 2. The lowest BCUT2D eigenvalue weighted by atomic mass is 9.93. The lowest BCUT2D eigenvalue weighted by molar-refractivity contribution is -0.137. The van der Waals surface area contributed by atoms with Gasteiger partial charge < -0.3 is 19.5 Å². The number of hydrogen-bond acceptors (Lipinski definition) is 6. The molecule has 1 atom stereocenters. The van der Waals surface area contributed by atoms with E-state index in [9.17, 15) is 4.79 Å². The van der Waals surface area contributed by atoms with Crippen LogP contribution in [-0.2, 0) is 4.79 Å². The number of carboxylic acids is 1. The minimum atomic E-state index is -0.744. The largest absolute Gasteiger partial charge is 0.481 e. The van der Waals surface area contributed by atoms with Crippen LogP contribution in [0.25, 0.3) is 0 Å². The maximum absolute atomic E-state index is 10.7. The molecule has 1 aromatic rings.